The van der Waals surface area contributed by atoms with Gasteiger partial charge in [-0.15, -0.1) is 0 Å². The Morgan fingerprint density at radius 2 is 1.53 bits per heavy atom. The van der Waals surface area contributed by atoms with Crippen LogP contribution in [0, 0.1) is 22.7 Å². The molecule has 4 aliphatic rings. The van der Waals surface area contributed by atoms with Crippen molar-refractivity contribution in [2.45, 2.75) is 39.5 Å². The minimum Gasteiger partial charge on any atom is -0.323 e. The fraction of sp³-hybridized carbons (Fsp3) is 0.875. The Labute approximate surface area is 105 Å². The van der Waals surface area contributed by atoms with E-state index in [-0.39, 0.29) is 0 Å². The second-order valence-corrected chi connectivity index (χ2v) is 7.29. The summed E-state index contributed by atoms with van der Waals surface area (Å²) in [6, 6.07) is 0. The molecule has 4 rings (SSSR count). The lowest BCUT2D eigenvalue weighted by atomic mass is 9.62. The van der Waals surface area contributed by atoms with Crippen molar-refractivity contribution in [3.8, 4) is 0 Å². The van der Waals surface area contributed by atoms with E-state index in [9.17, 15) is 0 Å². The van der Waals surface area contributed by atoms with Gasteiger partial charge in [0, 0.05) is 10.8 Å². The Balaban J connectivity index is 1.83. The minimum atomic E-state index is 0.735. The van der Waals surface area contributed by atoms with E-state index in [0.717, 1.165) is 22.7 Å². The van der Waals surface area contributed by atoms with Crippen LogP contribution in [0.3, 0.4) is 0 Å². The molecule has 0 amide bonds. The second kappa shape index (κ2) is 2.99. The standard InChI is InChI=1S/C16H26N/c1-3-17(4-2)11-15-8-5-9-16(15,12-17)14-7-6-13(15)10-14/h6-7,13-14H,3-5,8-12H2,1-2H3/q+1. The fourth-order valence-electron chi connectivity index (χ4n) is 6.48. The molecule has 0 radical (unpaired) electrons. The number of nitrogens with zero attached hydrogens (tertiary/aromatic N) is 1. The van der Waals surface area contributed by atoms with Gasteiger partial charge in [0.05, 0.1) is 26.2 Å². The summed E-state index contributed by atoms with van der Waals surface area (Å²) in [7, 11) is 0. The van der Waals surface area contributed by atoms with Crippen LogP contribution in [0.1, 0.15) is 39.5 Å². The molecule has 0 aromatic rings. The van der Waals surface area contributed by atoms with Gasteiger partial charge in [0.1, 0.15) is 0 Å². The number of allylic oxidation sites excluding steroid dienone is 2. The van der Waals surface area contributed by atoms with Gasteiger partial charge in [-0.3, -0.25) is 0 Å². The van der Waals surface area contributed by atoms with Gasteiger partial charge in [-0.05, 0) is 44.9 Å². The fourth-order valence-corrected chi connectivity index (χ4v) is 6.48. The number of rotatable bonds is 2. The van der Waals surface area contributed by atoms with E-state index in [0.29, 0.717) is 0 Å². The van der Waals surface area contributed by atoms with Crippen LogP contribution in [0.2, 0.25) is 0 Å². The van der Waals surface area contributed by atoms with Crippen molar-refractivity contribution in [3.05, 3.63) is 12.2 Å². The quantitative estimate of drug-likeness (QED) is 0.506. The van der Waals surface area contributed by atoms with Crippen LogP contribution < -0.4 is 0 Å². The molecule has 94 valence electrons. The predicted molar refractivity (Wildman–Crippen MR) is 70.5 cm³/mol. The minimum absolute atomic E-state index is 0.735. The lowest BCUT2D eigenvalue weighted by molar-refractivity contribution is -0.919. The molecule has 4 atom stereocenters. The molecule has 1 aliphatic heterocycles. The molecule has 1 heterocycles. The highest BCUT2D eigenvalue weighted by molar-refractivity contribution is 5.28. The average molecular weight is 232 g/mol. The van der Waals surface area contributed by atoms with Gasteiger partial charge >= 0.3 is 0 Å². The van der Waals surface area contributed by atoms with Crippen LogP contribution in [0.5, 0.6) is 0 Å². The van der Waals surface area contributed by atoms with Crippen LogP contribution >= 0.6 is 0 Å². The van der Waals surface area contributed by atoms with Gasteiger partial charge in [0.25, 0.3) is 0 Å². The number of hydrogen-bond donors (Lipinski definition) is 0. The Morgan fingerprint density at radius 3 is 2.00 bits per heavy atom. The van der Waals surface area contributed by atoms with Crippen LogP contribution in [-0.4, -0.2) is 30.7 Å². The molecule has 0 aromatic heterocycles. The van der Waals surface area contributed by atoms with Crippen molar-refractivity contribution in [3.63, 3.8) is 0 Å². The third-order valence-electron chi connectivity index (χ3n) is 7.32. The van der Waals surface area contributed by atoms with E-state index in [1.807, 2.05) is 0 Å². The molecule has 3 aliphatic carbocycles. The monoisotopic (exact) mass is 232 g/mol. The molecule has 17 heavy (non-hydrogen) atoms. The van der Waals surface area contributed by atoms with Crippen molar-refractivity contribution in [2.75, 3.05) is 26.2 Å². The van der Waals surface area contributed by atoms with Crippen LogP contribution in [-0.2, 0) is 0 Å². The Morgan fingerprint density at radius 1 is 1.00 bits per heavy atom. The van der Waals surface area contributed by atoms with E-state index >= 15 is 0 Å². The van der Waals surface area contributed by atoms with Crippen molar-refractivity contribution < 1.29 is 4.48 Å². The number of hydrogen-bond acceptors (Lipinski definition) is 0. The molecular formula is C16H26N+. The highest BCUT2D eigenvalue weighted by atomic mass is 15.4. The molecule has 1 saturated heterocycles. The molecule has 0 N–H and O–H groups in total. The summed E-state index contributed by atoms with van der Waals surface area (Å²) in [5.74, 6) is 1.90. The first-order chi connectivity index (χ1) is 8.20. The van der Waals surface area contributed by atoms with Crippen molar-refractivity contribution >= 4 is 0 Å². The molecule has 0 spiro atoms. The first-order valence-corrected chi connectivity index (χ1v) is 7.74. The van der Waals surface area contributed by atoms with E-state index in [4.69, 9.17) is 0 Å². The third-order valence-corrected chi connectivity index (χ3v) is 7.32. The summed E-state index contributed by atoms with van der Waals surface area (Å²) in [5.41, 5.74) is 1.47. The summed E-state index contributed by atoms with van der Waals surface area (Å²) in [4.78, 5) is 0. The lowest BCUT2D eigenvalue weighted by Crippen LogP contribution is -2.48. The zero-order valence-corrected chi connectivity index (χ0v) is 11.4. The lowest BCUT2D eigenvalue weighted by Gasteiger charge is -2.37. The van der Waals surface area contributed by atoms with Crippen molar-refractivity contribution in [2.24, 2.45) is 22.7 Å². The normalized spacial score (nSPS) is 53.1. The summed E-state index contributed by atoms with van der Waals surface area (Å²) in [5, 5.41) is 0. The van der Waals surface area contributed by atoms with E-state index < -0.39 is 0 Å². The maximum atomic E-state index is 2.60. The molecule has 1 nitrogen and oxygen atoms in total. The van der Waals surface area contributed by atoms with Gasteiger partial charge in [0.2, 0.25) is 0 Å². The molecule has 2 saturated carbocycles. The molecule has 1 heteroatoms. The largest absolute Gasteiger partial charge is 0.323 e. The van der Waals surface area contributed by atoms with Crippen LogP contribution in [0.4, 0.5) is 0 Å². The van der Waals surface area contributed by atoms with Gasteiger partial charge < -0.3 is 4.48 Å². The zero-order chi connectivity index (χ0) is 11.7. The summed E-state index contributed by atoms with van der Waals surface area (Å²) in [6.07, 6.45) is 11.3. The summed E-state index contributed by atoms with van der Waals surface area (Å²) in [6.45, 7) is 10.6. The Bertz CT molecular complexity index is 351. The molecular weight excluding hydrogens is 206 g/mol. The molecule has 2 bridgehead atoms. The molecule has 0 aromatic carbocycles. The highest BCUT2D eigenvalue weighted by Crippen LogP contribution is 2.74. The van der Waals surface area contributed by atoms with Gasteiger partial charge in [-0.25, -0.2) is 0 Å². The molecule has 4 unspecified atom stereocenters. The Kier molecular flexibility index (Phi) is 1.86. The van der Waals surface area contributed by atoms with E-state index in [1.54, 1.807) is 12.8 Å². The van der Waals surface area contributed by atoms with Gasteiger partial charge in [-0.2, -0.15) is 0 Å². The van der Waals surface area contributed by atoms with Crippen molar-refractivity contribution in [1.29, 1.82) is 0 Å². The Hall–Kier alpha value is -0.300. The topological polar surface area (TPSA) is 0 Å². The average Bonchev–Trinajstić information content (AvgIpc) is 3.02. The first kappa shape index (κ1) is 10.6. The smallest absolute Gasteiger partial charge is 0.0857 e. The van der Waals surface area contributed by atoms with E-state index in [1.165, 1.54) is 43.5 Å². The summed E-state index contributed by atoms with van der Waals surface area (Å²) >= 11 is 0. The number of quaternary nitrogens is 1. The SMILES string of the molecule is CC[N+]1(CC)CC23CCCC2(C1)C1C=CC3C1. The molecule has 3 fully saturated rings. The maximum absolute atomic E-state index is 2.60. The van der Waals surface area contributed by atoms with Crippen LogP contribution in [0.25, 0.3) is 0 Å². The number of fused-ring (bicyclic) bond motifs is 2. The van der Waals surface area contributed by atoms with Crippen molar-refractivity contribution in [1.82, 2.24) is 0 Å². The predicted octanol–water partition coefficient (Wildman–Crippen LogP) is 3.22. The maximum Gasteiger partial charge on any atom is 0.0857 e. The van der Waals surface area contributed by atoms with Gasteiger partial charge in [-0.1, -0.05) is 18.6 Å². The second-order valence-electron chi connectivity index (χ2n) is 7.29. The van der Waals surface area contributed by atoms with E-state index in [2.05, 4.69) is 26.0 Å². The highest BCUT2D eigenvalue weighted by Gasteiger charge is 2.75. The van der Waals surface area contributed by atoms with Gasteiger partial charge in [0.15, 0.2) is 0 Å². The zero-order valence-electron chi connectivity index (χ0n) is 11.4. The summed E-state index contributed by atoms with van der Waals surface area (Å²) < 4.78 is 1.43. The third kappa shape index (κ3) is 0.950. The first-order valence-electron chi connectivity index (χ1n) is 7.74. The van der Waals surface area contributed by atoms with Crippen LogP contribution in [0.15, 0.2) is 12.2 Å². The number of likely N-dealkylation sites (tertiary alicyclic amines) is 1.